The summed E-state index contributed by atoms with van der Waals surface area (Å²) < 4.78 is 0. The number of hydrogen-bond donors (Lipinski definition) is 1. The van der Waals surface area contributed by atoms with Crippen molar-refractivity contribution in [2.24, 2.45) is 0 Å². The van der Waals surface area contributed by atoms with Gasteiger partial charge in [-0.25, -0.2) is 4.98 Å². The monoisotopic (exact) mass is 227 g/mol. The summed E-state index contributed by atoms with van der Waals surface area (Å²) in [4.78, 5) is 17.3. The van der Waals surface area contributed by atoms with E-state index in [-0.39, 0.29) is 11.9 Å². The lowest BCUT2D eigenvalue weighted by atomic mass is 10.2. The van der Waals surface area contributed by atoms with Crippen LogP contribution in [0, 0.1) is 6.92 Å². The Morgan fingerprint density at radius 3 is 2.80 bits per heavy atom. The standard InChI is InChI=1S/C10H17N3OS/c1-7(9-6-15-8(2)12-9)11-5-10(14)13(3)4/h6-7,11H,5H2,1-4H3. The van der Waals surface area contributed by atoms with E-state index >= 15 is 0 Å². The van der Waals surface area contributed by atoms with E-state index in [1.807, 2.05) is 19.2 Å². The third-order valence-corrected chi connectivity index (χ3v) is 2.93. The third kappa shape index (κ3) is 3.60. The Morgan fingerprint density at radius 1 is 1.67 bits per heavy atom. The second kappa shape index (κ2) is 5.23. The zero-order chi connectivity index (χ0) is 11.4. The maximum atomic E-state index is 11.3. The van der Waals surface area contributed by atoms with Crippen LogP contribution >= 0.6 is 11.3 Å². The molecule has 1 aromatic rings. The highest BCUT2D eigenvalue weighted by Crippen LogP contribution is 2.15. The lowest BCUT2D eigenvalue weighted by Gasteiger charge is -2.14. The number of hydrogen-bond acceptors (Lipinski definition) is 4. The summed E-state index contributed by atoms with van der Waals surface area (Å²) >= 11 is 1.63. The Bertz CT molecular complexity index is 335. The number of nitrogens with zero attached hydrogens (tertiary/aromatic N) is 2. The van der Waals surface area contributed by atoms with Gasteiger partial charge in [-0.2, -0.15) is 0 Å². The quantitative estimate of drug-likeness (QED) is 0.840. The van der Waals surface area contributed by atoms with Crippen molar-refractivity contribution in [3.8, 4) is 0 Å². The number of carbonyl (C=O) groups is 1. The number of nitrogens with one attached hydrogen (secondary N) is 1. The molecule has 0 radical (unpaired) electrons. The minimum Gasteiger partial charge on any atom is -0.348 e. The maximum Gasteiger partial charge on any atom is 0.236 e. The second-order valence-electron chi connectivity index (χ2n) is 3.68. The molecule has 4 nitrogen and oxygen atoms in total. The summed E-state index contributed by atoms with van der Waals surface area (Å²) in [6.07, 6.45) is 0. The van der Waals surface area contributed by atoms with Crippen molar-refractivity contribution in [3.63, 3.8) is 0 Å². The zero-order valence-electron chi connectivity index (χ0n) is 9.57. The first kappa shape index (κ1) is 12.1. The lowest BCUT2D eigenvalue weighted by Crippen LogP contribution is -2.34. The van der Waals surface area contributed by atoms with Crippen molar-refractivity contribution in [3.05, 3.63) is 16.1 Å². The molecule has 0 saturated carbocycles. The van der Waals surface area contributed by atoms with E-state index in [2.05, 4.69) is 10.3 Å². The van der Waals surface area contributed by atoms with Crippen LogP contribution in [0.5, 0.6) is 0 Å². The molecule has 0 aliphatic carbocycles. The van der Waals surface area contributed by atoms with Crippen molar-refractivity contribution in [2.75, 3.05) is 20.6 Å². The highest BCUT2D eigenvalue weighted by molar-refractivity contribution is 7.09. The average Bonchev–Trinajstić information content (AvgIpc) is 2.60. The van der Waals surface area contributed by atoms with E-state index in [9.17, 15) is 4.79 Å². The molecule has 0 aromatic carbocycles. The molecule has 0 aliphatic rings. The van der Waals surface area contributed by atoms with Crippen molar-refractivity contribution in [2.45, 2.75) is 19.9 Å². The Kier molecular flexibility index (Phi) is 4.23. The smallest absolute Gasteiger partial charge is 0.236 e. The van der Waals surface area contributed by atoms with Crippen molar-refractivity contribution in [1.29, 1.82) is 0 Å². The van der Waals surface area contributed by atoms with Crippen molar-refractivity contribution in [1.82, 2.24) is 15.2 Å². The molecular formula is C10H17N3OS. The van der Waals surface area contributed by atoms with Crippen LogP contribution in [0.3, 0.4) is 0 Å². The zero-order valence-corrected chi connectivity index (χ0v) is 10.4. The van der Waals surface area contributed by atoms with Crippen molar-refractivity contribution < 1.29 is 4.79 Å². The third-order valence-electron chi connectivity index (χ3n) is 2.14. The Labute approximate surface area is 94.3 Å². The average molecular weight is 227 g/mol. The molecule has 0 bridgehead atoms. The fourth-order valence-electron chi connectivity index (χ4n) is 1.08. The van der Waals surface area contributed by atoms with Crippen LogP contribution in [0.25, 0.3) is 0 Å². The second-order valence-corrected chi connectivity index (χ2v) is 4.74. The van der Waals surface area contributed by atoms with Crippen LogP contribution in [0.15, 0.2) is 5.38 Å². The normalized spacial score (nSPS) is 12.5. The number of aryl methyl sites for hydroxylation is 1. The summed E-state index contributed by atoms with van der Waals surface area (Å²) in [7, 11) is 3.50. The SMILES string of the molecule is Cc1nc(C(C)NCC(=O)N(C)C)cs1. The number of likely N-dealkylation sites (N-methyl/N-ethyl adjacent to an activating group) is 1. The van der Waals surface area contributed by atoms with Crippen LogP contribution in [0.2, 0.25) is 0 Å². The molecule has 0 spiro atoms. The van der Waals surface area contributed by atoms with E-state index in [1.165, 1.54) is 0 Å². The number of amides is 1. The summed E-state index contributed by atoms with van der Waals surface area (Å²) in [6.45, 7) is 4.34. The molecule has 15 heavy (non-hydrogen) atoms. The Morgan fingerprint density at radius 2 is 2.33 bits per heavy atom. The van der Waals surface area contributed by atoms with Gasteiger partial charge in [-0.05, 0) is 13.8 Å². The molecular weight excluding hydrogens is 210 g/mol. The number of aromatic nitrogens is 1. The molecule has 0 fully saturated rings. The van der Waals surface area contributed by atoms with Crippen LogP contribution in [-0.4, -0.2) is 36.4 Å². The first-order valence-electron chi connectivity index (χ1n) is 4.86. The first-order chi connectivity index (χ1) is 7.00. The summed E-state index contributed by atoms with van der Waals surface area (Å²) in [5.41, 5.74) is 1.00. The highest BCUT2D eigenvalue weighted by Gasteiger charge is 2.10. The van der Waals surface area contributed by atoms with Gasteiger partial charge in [-0.3, -0.25) is 4.79 Å². The molecule has 1 amide bonds. The molecule has 1 heterocycles. The fraction of sp³-hybridized carbons (Fsp3) is 0.600. The van der Waals surface area contributed by atoms with Gasteiger partial charge < -0.3 is 10.2 Å². The lowest BCUT2D eigenvalue weighted by molar-refractivity contribution is -0.127. The molecule has 0 aliphatic heterocycles. The molecule has 0 saturated heterocycles. The molecule has 5 heteroatoms. The van der Waals surface area contributed by atoms with Gasteiger partial charge in [0.2, 0.25) is 5.91 Å². The van der Waals surface area contributed by atoms with E-state index in [1.54, 1.807) is 30.3 Å². The van der Waals surface area contributed by atoms with Gasteiger partial charge in [0.25, 0.3) is 0 Å². The van der Waals surface area contributed by atoms with Crippen LogP contribution in [0.4, 0.5) is 0 Å². The number of rotatable bonds is 4. The van der Waals surface area contributed by atoms with Gasteiger partial charge in [0.1, 0.15) is 0 Å². The van der Waals surface area contributed by atoms with Gasteiger partial charge in [0.05, 0.1) is 17.2 Å². The molecule has 1 N–H and O–H groups in total. The Balaban J connectivity index is 2.43. The molecule has 84 valence electrons. The number of carbonyl (C=O) groups excluding carboxylic acids is 1. The van der Waals surface area contributed by atoms with Crippen LogP contribution < -0.4 is 5.32 Å². The topological polar surface area (TPSA) is 45.2 Å². The van der Waals surface area contributed by atoms with Crippen molar-refractivity contribution >= 4 is 17.2 Å². The first-order valence-corrected chi connectivity index (χ1v) is 5.74. The molecule has 1 aromatic heterocycles. The van der Waals surface area contributed by atoms with Gasteiger partial charge in [0, 0.05) is 25.5 Å². The predicted octanol–water partition coefficient (Wildman–Crippen LogP) is 1.19. The number of thiazole rings is 1. The summed E-state index contributed by atoms with van der Waals surface area (Å²) in [6, 6.07) is 0.124. The minimum atomic E-state index is 0.0776. The van der Waals surface area contributed by atoms with Crippen LogP contribution in [-0.2, 0) is 4.79 Å². The van der Waals surface area contributed by atoms with Gasteiger partial charge in [-0.1, -0.05) is 0 Å². The highest BCUT2D eigenvalue weighted by atomic mass is 32.1. The molecule has 1 rings (SSSR count). The van der Waals surface area contributed by atoms with E-state index in [4.69, 9.17) is 0 Å². The Hall–Kier alpha value is -0.940. The molecule has 1 unspecified atom stereocenters. The van der Waals surface area contributed by atoms with E-state index < -0.39 is 0 Å². The summed E-state index contributed by atoms with van der Waals surface area (Å²) in [5, 5.41) is 6.22. The fourth-order valence-corrected chi connectivity index (χ4v) is 1.79. The van der Waals surface area contributed by atoms with E-state index in [0.717, 1.165) is 10.7 Å². The largest absolute Gasteiger partial charge is 0.348 e. The maximum absolute atomic E-state index is 11.3. The van der Waals surface area contributed by atoms with E-state index in [0.29, 0.717) is 6.54 Å². The summed E-state index contributed by atoms with van der Waals surface area (Å²) in [5.74, 6) is 0.0776. The van der Waals surface area contributed by atoms with Gasteiger partial charge >= 0.3 is 0 Å². The van der Waals surface area contributed by atoms with Crippen LogP contribution in [0.1, 0.15) is 23.7 Å². The predicted molar refractivity (Wildman–Crippen MR) is 62.0 cm³/mol. The van der Waals surface area contributed by atoms with Gasteiger partial charge in [0.15, 0.2) is 0 Å². The van der Waals surface area contributed by atoms with Gasteiger partial charge in [-0.15, -0.1) is 11.3 Å². The minimum absolute atomic E-state index is 0.0776. The molecule has 1 atom stereocenters.